The highest BCUT2D eigenvalue weighted by Gasteiger charge is 2.40. The molecule has 0 saturated carbocycles. The minimum atomic E-state index is -4.91. The number of likely N-dealkylation sites (tertiary alicyclic amines) is 1. The number of carbonyl (C=O) groups is 1. The molecule has 3 aliphatic rings. The van der Waals surface area contributed by atoms with Gasteiger partial charge in [-0.3, -0.25) is 14.7 Å². The van der Waals surface area contributed by atoms with Gasteiger partial charge >= 0.3 is 12.2 Å². The second-order valence-corrected chi connectivity index (χ2v) is 12.2. The zero-order valence-electron chi connectivity index (χ0n) is 25.7. The maximum absolute atomic E-state index is 14.4. The number of hydrogen-bond donors (Lipinski definition) is 0. The summed E-state index contributed by atoms with van der Waals surface area (Å²) in [6, 6.07) is 0.190. The van der Waals surface area contributed by atoms with Crippen LogP contribution in [0, 0.1) is 18.3 Å². The van der Waals surface area contributed by atoms with E-state index in [1.54, 1.807) is 4.90 Å². The molecule has 0 bridgehead atoms. The van der Waals surface area contributed by atoms with Crippen LogP contribution in [-0.2, 0) is 23.9 Å². The Morgan fingerprint density at radius 1 is 1.18 bits per heavy atom. The standard InChI is InChI=1S/C31H38F4N8O2/c1-6-27(44)42-10-9-41(16-22(42)12-36-5)29-23-7-8-40(26-14-37-13-24(32)28(26)31(33,34)35)17-25(23)38-30(39-29)45-18-21-11-20(4)15-43(21)19(2)3/h6,13-14,19-22H,1,7-12,15-18H2,2-4H3/t20-,21+,22+/m1/s1. The van der Waals surface area contributed by atoms with Crippen LogP contribution in [0.2, 0.25) is 0 Å². The number of amides is 1. The minimum Gasteiger partial charge on any atom is -0.462 e. The van der Waals surface area contributed by atoms with Crippen molar-refractivity contribution in [3.63, 3.8) is 0 Å². The molecule has 1 amide bonds. The zero-order chi connectivity index (χ0) is 32.5. The Balaban J connectivity index is 1.49. The summed E-state index contributed by atoms with van der Waals surface area (Å²) in [6.45, 7) is 20.1. The molecule has 2 aromatic heterocycles. The van der Waals surface area contributed by atoms with Crippen molar-refractivity contribution in [3.05, 3.63) is 59.1 Å². The predicted molar refractivity (Wildman–Crippen MR) is 160 cm³/mol. The van der Waals surface area contributed by atoms with Crippen LogP contribution >= 0.6 is 0 Å². The zero-order valence-corrected chi connectivity index (χ0v) is 25.7. The molecule has 0 unspecified atom stereocenters. The Morgan fingerprint density at radius 2 is 1.96 bits per heavy atom. The number of nitrogens with zero attached hydrogens (tertiary/aromatic N) is 8. The number of ether oxygens (including phenoxy) is 1. The highest BCUT2D eigenvalue weighted by molar-refractivity contribution is 5.87. The topological polar surface area (TPSA) is 82.3 Å². The second kappa shape index (κ2) is 13.2. The molecule has 14 heteroatoms. The van der Waals surface area contributed by atoms with Gasteiger partial charge in [0.2, 0.25) is 12.5 Å². The molecule has 10 nitrogen and oxygen atoms in total. The fraction of sp³-hybridized carbons (Fsp3) is 0.581. The van der Waals surface area contributed by atoms with Gasteiger partial charge in [0.15, 0.2) is 5.82 Å². The van der Waals surface area contributed by atoms with E-state index in [1.807, 2.05) is 4.90 Å². The van der Waals surface area contributed by atoms with E-state index in [0.29, 0.717) is 62.3 Å². The van der Waals surface area contributed by atoms with E-state index >= 15 is 0 Å². The van der Waals surface area contributed by atoms with Crippen LogP contribution in [0.25, 0.3) is 4.85 Å². The highest BCUT2D eigenvalue weighted by Crippen LogP contribution is 2.40. The van der Waals surface area contributed by atoms with Crippen LogP contribution in [0.5, 0.6) is 6.01 Å². The third-order valence-electron chi connectivity index (χ3n) is 8.80. The third-order valence-corrected chi connectivity index (χ3v) is 8.80. The van der Waals surface area contributed by atoms with Gasteiger partial charge in [-0.2, -0.15) is 23.1 Å². The Labute approximate surface area is 260 Å². The number of halogens is 4. The van der Waals surface area contributed by atoms with Crippen LogP contribution in [0.15, 0.2) is 25.0 Å². The molecule has 5 heterocycles. The van der Waals surface area contributed by atoms with Gasteiger partial charge in [0.1, 0.15) is 24.0 Å². The molecule has 3 aliphatic heterocycles. The van der Waals surface area contributed by atoms with Crippen LogP contribution in [0.4, 0.5) is 29.1 Å². The van der Waals surface area contributed by atoms with E-state index in [9.17, 15) is 22.4 Å². The van der Waals surface area contributed by atoms with Crippen molar-refractivity contribution in [2.45, 2.75) is 64.5 Å². The summed E-state index contributed by atoms with van der Waals surface area (Å²) in [4.78, 5) is 36.7. The van der Waals surface area contributed by atoms with E-state index < -0.39 is 23.6 Å². The van der Waals surface area contributed by atoms with Crippen LogP contribution < -0.4 is 14.5 Å². The van der Waals surface area contributed by atoms with Gasteiger partial charge in [-0.1, -0.05) is 13.5 Å². The van der Waals surface area contributed by atoms with Gasteiger partial charge in [-0.05, 0) is 38.7 Å². The fourth-order valence-electron chi connectivity index (χ4n) is 6.73. The highest BCUT2D eigenvalue weighted by atomic mass is 19.4. The number of aromatic nitrogens is 3. The van der Waals surface area contributed by atoms with Gasteiger partial charge in [-0.15, -0.1) is 0 Å². The molecule has 0 aromatic carbocycles. The number of carbonyl (C=O) groups excluding carboxylic acids is 1. The Bertz CT molecular complexity index is 1460. The maximum Gasteiger partial charge on any atom is 0.421 e. The van der Waals surface area contributed by atoms with Crippen molar-refractivity contribution >= 4 is 17.4 Å². The predicted octanol–water partition coefficient (Wildman–Crippen LogP) is 4.21. The summed E-state index contributed by atoms with van der Waals surface area (Å²) in [5.41, 5.74) is -0.483. The Hall–Kier alpha value is -3.99. The average Bonchev–Trinajstić information content (AvgIpc) is 3.39. The minimum absolute atomic E-state index is 0.0333. The summed E-state index contributed by atoms with van der Waals surface area (Å²) in [6.07, 6.45) is -0.830. The van der Waals surface area contributed by atoms with Crippen molar-refractivity contribution < 1.29 is 27.1 Å². The van der Waals surface area contributed by atoms with Gasteiger partial charge in [0.05, 0.1) is 30.3 Å². The molecule has 0 aliphatic carbocycles. The van der Waals surface area contributed by atoms with Crippen molar-refractivity contribution in [3.8, 4) is 6.01 Å². The Morgan fingerprint density at radius 3 is 2.64 bits per heavy atom. The molecule has 0 spiro atoms. The first kappa shape index (κ1) is 32.4. The van der Waals surface area contributed by atoms with Crippen molar-refractivity contribution in [2.24, 2.45) is 5.92 Å². The first-order valence-electron chi connectivity index (χ1n) is 15.2. The van der Waals surface area contributed by atoms with E-state index in [-0.39, 0.29) is 43.3 Å². The lowest BCUT2D eigenvalue weighted by molar-refractivity contribution is -0.139. The lowest BCUT2D eigenvalue weighted by Crippen LogP contribution is -2.56. The molecule has 2 aromatic rings. The number of rotatable bonds is 8. The van der Waals surface area contributed by atoms with Gasteiger partial charge in [-0.25, -0.2) is 11.0 Å². The van der Waals surface area contributed by atoms with Crippen molar-refractivity contribution in [1.29, 1.82) is 0 Å². The van der Waals surface area contributed by atoms with E-state index in [2.05, 4.69) is 47.1 Å². The summed E-state index contributed by atoms with van der Waals surface area (Å²) in [7, 11) is 0. The summed E-state index contributed by atoms with van der Waals surface area (Å²) < 4.78 is 62.4. The molecule has 2 fully saturated rings. The SMILES string of the molecule is [C-]#[N+]C[C@H]1CN(c2nc(OC[C@@H]3C[C@@H](C)CN3C(C)C)nc3c2CCN(c2cncc(F)c2C(F)(F)F)C3)CCN1C(=O)C=C. The van der Waals surface area contributed by atoms with E-state index in [4.69, 9.17) is 16.3 Å². The van der Waals surface area contributed by atoms with Gasteiger partial charge in [0.25, 0.3) is 0 Å². The number of pyridine rings is 1. The summed E-state index contributed by atoms with van der Waals surface area (Å²) >= 11 is 0. The molecular formula is C31H38F4N8O2. The van der Waals surface area contributed by atoms with Crippen LogP contribution in [0.1, 0.15) is 44.0 Å². The molecule has 0 N–H and O–H groups in total. The monoisotopic (exact) mass is 630 g/mol. The number of alkyl halides is 3. The Kier molecular flexibility index (Phi) is 9.48. The van der Waals surface area contributed by atoms with E-state index in [0.717, 1.165) is 24.7 Å². The molecule has 242 valence electrons. The summed E-state index contributed by atoms with van der Waals surface area (Å²) in [5.74, 6) is -0.607. The summed E-state index contributed by atoms with van der Waals surface area (Å²) in [5, 5.41) is 0. The van der Waals surface area contributed by atoms with Gasteiger partial charge < -0.3 is 24.3 Å². The average molecular weight is 631 g/mol. The lowest BCUT2D eigenvalue weighted by atomic mass is 10.0. The molecule has 45 heavy (non-hydrogen) atoms. The first-order valence-corrected chi connectivity index (χ1v) is 15.2. The largest absolute Gasteiger partial charge is 0.462 e. The maximum atomic E-state index is 14.4. The molecule has 5 rings (SSSR count). The number of fused-ring (bicyclic) bond motifs is 1. The van der Waals surface area contributed by atoms with E-state index in [1.165, 1.54) is 11.0 Å². The number of anilines is 2. The van der Waals surface area contributed by atoms with Crippen LogP contribution in [0.3, 0.4) is 0 Å². The molecule has 2 saturated heterocycles. The lowest BCUT2D eigenvalue weighted by Gasteiger charge is -2.41. The molecular weight excluding hydrogens is 592 g/mol. The normalized spacial score (nSPS) is 22.4. The number of piperazine rings is 1. The quantitative estimate of drug-likeness (QED) is 0.244. The van der Waals surface area contributed by atoms with Crippen molar-refractivity contribution in [2.75, 3.05) is 55.7 Å². The molecule has 0 radical (unpaired) electrons. The number of hydrogen-bond acceptors (Lipinski definition) is 8. The van der Waals surface area contributed by atoms with Crippen molar-refractivity contribution in [1.82, 2.24) is 24.8 Å². The molecule has 3 atom stereocenters. The third kappa shape index (κ3) is 6.83. The smallest absolute Gasteiger partial charge is 0.421 e. The fourth-order valence-corrected chi connectivity index (χ4v) is 6.73. The second-order valence-electron chi connectivity index (χ2n) is 12.2. The van der Waals surface area contributed by atoms with Crippen LogP contribution in [-0.4, -0.2) is 94.7 Å². The van der Waals surface area contributed by atoms with Gasteiger partial charge in [0, 0.05) is 50.4 Å². The first-order chi connectivity index (χ1) is 21.4.